The molecule has 7 rings (SSSR count). The lowest BCUT2D eigenvalue weighted by atomic mass is 9.67. The van der Waals surface area contributed by atoms with Crippen molar-refractivity contribution in [2.45, 2.75) is 68.5 Å². The first-order valence-electron chi connectivity index (χ1n) is 16.5. The van der Waals surface area contributed by atoms with Gasteiger partial charge in [0.05, 0.1) is 18.0 Å². The molecule has 0 spiro atoms. The number of rotatable bonds is 9. The molecule has 2 N–H and O–H groups in total. The molecule has 2 heterocycles. The fraction of sp³-hybridized carbons (Fsp3) is 0.514. The van der Waals surface area contributed by atoms with Crippen molar-refractivity contribution in [3.05, 3.63) is 75.6 Å². The highest BCUT2D eigenvalue weighted by Gasteiger charge is 2.54. The van der Waals surface area contributed by atoms with Crippen LogP contribution in [0, 0.1) is 23.2 Å². The Kier molecular flexibility index (Phi) is 7.83. The number of hydrogen-bond donors (Lipinski definition) is 2. The van der Waals surface area contributed by atoms with Gasteiger partial charge < -0.3 is 20.0 Å². The van der Waals surface area contributed by atoms with Crippen LogP contribution in [-0.2, 0) is 23.1 Å². The molecule has 1 aromatic heterocycles. The maximum Gasteiger partial charge on any atom is 0.253 e. The number of hydrogen-bond acceptors (Lipinski definition) is 8. The number of aryl methyl sites for hydroxylation is 2. The zero-order chi connectivity index (χ0) is 33.0. The Morgan fingerprint density at radius 3 is 2.13 bits per heavy atom. The second-order valence-corrected chi connectivity index (χ2v) is 14.1. The van der Waals surface area contributed by atoms with Gasteiger partial charge in [0.15, 0.2) is 5.82 Å². The Hall–Kier alpha value is -4.63. The zero-order valence-electron chi connectivity index (χ0n) is 27.4. The Morgan fingerprint density at radius 1 is 1.00 bits per heavy atom. The molecule has 0 bridgehead atoms. The van der Waals surface area contributed by atoms with Crippen LogP contribution in [-0.4, -0.2) is 106 Å². The predicted molar refractivity (Wildman–Crippen MR) is 172 cm³/mol. The van der Waals surface area contributed by atoms with Crippen LogP contribution in [0.1, 0.15) is 80.9 Å². The topological polar surface area (TPSA) is 151 Å². The van der Waals surface area contributed by atoms with E-state index in [0.717, 1.165) is 47.9 Å². The van der Waals surface area contributed by atoms with Crippen LogP contribution in [0.3, 0.4) is 0 Å². The monoisotopic (exact) mass is 635 g/mol. The highest BCUT2D eigenvalue weighted by Crippen LogP contribution is 2.50. The van der Waals surface area contributed by atoms with E-state index in [1.807, 2.05) is 36.4 Å². The Labute approximate surface area is 274 Å². The number of likely N-dealkylation sites (tertiary alicyclic amines) is 1. The molecule has 1 saturated heterocycles. The molecule has 3 amide bonds. The molecule has 12 heteroatoms. The highest BCUT2D eigenvalue weighted by molar-refractivity contribution is 5.95. The summed E-state index contributed by atoms with van der Waals surface area (Å²) in [5, 5.41) is 29.3. The van der Waals surface area contributed by atoms with Crippen LogP contribution in [0.2, 0.25) is 0 Å². The van der Waals surface area contributed by atoms with Gasteiger partial charge >= 0.3 is 0 Å². The molecule has 0 radical (unpaired) electrons. The molecular formula is C35H41N9O3. The van der Waals surface area contributed by atoms with Crippen LogP contribution in [0.4, 0.5) is 0 Å². The van der Waals surface area contributed by atoms with Gasteiger partial charge in [-0.15, -0.1) is 10.2 Å². The van der Waals surface area contributed by atoms with Gasteiger partial charge in [0.1, 0.15) is 6.04 Å². The summed E-state index contributed by atoms with van der Waals surface area (Å²) in [7, 11) is 6.98. The van der Waals surface area contributed by atoms with E-state index in [9.17, 15) is 19.6 Å². The fourth-order valence-corrected chi connectivity index (χ4v) is 8.00. The summed E-state index contributed by atoms with van der Waals surface area (Å²) in [5.74, 6) is 1.13. The number of benzene rings is 2. The second-order valence-electron chi connectivity index (χ2n) is 14.1. The van der Waals surface area contributed by atoms with Crippen LogP contribution < -0.4 is 5.32 Å². The number of nitrogens with one attached hydrogen (secondary N) is 2. The van der Waals surface area contributed by atoms with Gasteiger partial charge in [0.25, 0.3) is 11.8 Å². The molecule has 2 saturated carbocycles. The van der Waals surface area contributed by atoms with Crippen LogP contribution >= 0.6 is 0 Å². The van der Waals surface area contributed by atoms with Crippen molar-refractivity contribution in [2.75, 3.05) is 34.7 Å². The van der Waals surface area contributed by atoms with E-state index >= 15 is 0 Å². The van der Waals surface area contributed by atoms with E-state index in [-0.39, 0.29) is 42.4 Å². The van der Waals surface area contributed by atoms with Gasteiger partial charge in [-0.1, -0.05) is 17.3 Å². The van der Waals surface area contributed by atoms with Crippen molar-refractivity contribution >= 4 is 17.7 Å². The number of fused-ring (bicyclic) bond motifs is 3. The molecule has 4 atom stereocenters. The fourth-order valence-electron chi connectivity index (χ4n) is 8.00. The lowest BCUT2D eigenvalue weighted by molar-refractivity contribution is -0.131. The van der Waals surface area contributed by atoms with Crippen molar-refractivity contribution in [1.29, 1.82) is 5.26 Å². The van der Waals surface area contributed by atoms with Gasteiger partial charge in [-0.2, -0.15) is 10.5 Å². The molecule has 2 aromatic carbocycles. The second kappa shape index (κ2) is 11.9. The van der Waals surface area contributed by atoms with Crippen LogP contribution in [0.5, 0.6) is 0 Å². The Bertz CT molecular complexity index is 1690. The van der Waals surface area contributed by atoms with Gasteiger partial charge in [-0.25, -0.2) is 0 Å². The molecular weight excluding hydrogens is 594 g/mol. The quantitative estimate of drug-likeness (QED) is 0.364. The number of nitriles is 1. The third-order valence-corrected chi connectivity index (χ3v) is 10.6. The smallest absolute Gasteiger partial charge is 0.253 e. The third-order valence-electron chi connectivity index (χ3n) is 10.6. The minimum absolute atomic E-state index is 0.0267. The summed E-state index contributed by atoms with van der Waals surface area (Å²) in [4.78, 5) is 44.7. The lowest BCUT2D eigenvalue weighted by Crippen LogP contribution is -2.48. The molecule has 3 aliphatic carbocycles. The maximum atomic E-state index is 13.6. The van der Waals surface area contributed by atoms with E-state index in [1.165, 1.54) is 0 Å². The molecule has 0 unspecified atom stereocenters. The number of amides is 3. The number of H-pyrrole nitrogens is 1. The van der Waals surface area contributed by atoms with E-state index in [0.29, 0.717) is 48.0 Å². The number of carbonyl (C=O) groups is 3. The summed E-state index contributed by atoms with van der Waals surface area (Å²) in [6, 6.07) is 13.9. The summed E-state index contributed by atoms with van der Waals surface area (Å²) < 4.78 is 0. The number of carbonyl (C=O) groups excluding carboxylic acids is 3. The number of aromatic nitrogens is 4. The average Bonchev–Trinajstić information content (AvgIpc) is 3.98. The van der Waals surface area contributed by atoms with Gasteiger partial charge in [-0.05, 0) is 103 Å². The largest absolute Gasteiger partial charge is 0.345 e. The van der Waals surface area contributed by atoms with Gasteiger partial charge in [0.2, 0.25) is 5.91 Å². The number of nitrogens with zero attached hydrogens (tertiary/aromatic N) is 7. The zero-order valence-corrected chi connectivity index (χ0v) is 27.4. The summed E-state index contributed by atoms with van der Waals surface area (Å²) in [6.07, 6.45) is 5.68. The standard InChI is InChI=1S/C35H41N9O3/c1-42(2)32(46)23-9-11-27-21(13-23)7-8-22-14-24(33(47)43(3)4)10-12-28(22)35(27,34-38-40-41-39-34)17-29(20-5-6-20)37-19-31(45)44-26(18-36)15-25-16-30(25)44/h9-14,20,25-26,29-30,37H,5-8,15-17,19H2,1-4H3,(H,38,39,40,41)/t25-,26+,29-,30+/m1/s1. The Balaban J connectivity index is 1.33. The molecule has 3 fully saturated rings. The van der Waals surface area contributed by atoms with E-state index in [2.05, 4.69) is 32.0 Å². The normalized spacial score (nSPS) is 22.6. The van der Waals surface area contributed by atoms with E-state index < -0.39 is 5.41 Å². The number of tetrazole rings is 1. The first-order valence-corrected chi connectivity index (χ1v) is 16.5. The van der Waals surface area contributed by atoms with Gasteiger partial charge in [0, 0.05) is 51.4 Å². The first kappa shape index (κ1) is 31.0. The first-order chi connectivity index (χ1) is 22.6. The predicted octanol–water partition coefficient (Wildman–Crippen LogP) is 2.31. The molecule has 47 heavy (non-hydrogen) atoms. The molecule has 12 nitrogen and oxygen atoms in total. The van der Waals surface area contributed by atoms with Crippen molar-refractivity contribution < 1.29 is 14.4 Å². The van der Waals surface area contributed by atoms with E-state index in [4.69, 9.17) is 0 Å². The van der Waals surface area contributed by atoms with Gasteiger partial charge in [-0.3, -0.25) is 14.4 Å². The van der Waals surface area contributed by atoms with Crippen LogP contribution in [0.25, 0.3) is 0 Å². The summed E-state index contributed by atoms with van der Waals surface area (Å²) >= 11 is 0. The minimum atomic E-state index is -0.888. The molecule has 244 valence electrons. The maximum absolute atomic E-state index is 13.6. The number of piperidine rings is 1. The van der Waals surface area contributed by atoms with Crippen molar-refractivity contribution in [3.63, 3.8) is 0 Å². The van der Waals surface area contributed by atoms with Crippen LogP contribution in [0.15, 0.2) is 36.4 Å². The lowest BCUT2D eigenvalue weighted by Gasteiger charge is -2.37. The van der Waals surface area contributed by atoms with Crippen molar-refractivity contribution in [1.82, 2.24) is 40.6 Å². The van der Waals surface area contributed by atoms with Crippen molar-refractivity contribution in [3.8, 4) is 6.07 Å². The average molecular weight is 636 g/mol. The molecule has 1 aliphatic heterocycles. The van der Waals surface area contributed by atoms with Crippen molar-refractivity contribution in [2.24, 2.45) is 11.8 Å². The number of aromatic amines is 1. The highest BCUT2D eigenvalue weighted by atomic mass is 16.2. The summed E-state index contributed by atoms with van der Waals surface area (Å²) in [6.45, 7) is 0.150. The minimum Gasteiger partial charge on any atom is -0.345 e. The molecule has 4 aliphatic rings. The van der Waals surface area contributed by atoms with E-state index in [1.54, 1.807) is 42.9 Å². The Morgan fingerprint density at radius 2 is 1.62 bits per heavy atom. The molecule has 3 aromatic rings. The summed E-state index contributed by atoms with van der Waals surface area (Å²) in [5.41, 5.74) is 4.32. The third kappa shape index (κ3) is 5.46. The SMILES string of the molecule is CN(C)C(=O)c1ccc2c(c1)CCc1cc(C(=O)N(C)C)ccc1C2(C[C@@H](NCC(=O)N1[C@H](C#N)C[C@@H]2C[C@@H]21)C1CC1)c1nn[nH]n1.